The van der Waals surface area contributed by atoms with E-state index in [1.165, 1.54) is 6.07 Å². The maximum absolute atomic E-state index is 15.5. The van der Waals surface area contributed by atoms with Gasteiger partial charge in [0.2, 0.25) is 5.91 Å². The number of aryl methyl sites for hydroxylation is 1. The number of alkyl carbamates (subject to hydrolysis) is 1. The van der Waals surface area contributed by atoms with Crippen molar-refractivity contribution >= 4 is 33.1 Å². The highest BCUT2D eigenvalue weighted by Gasteiger charge is 2.28. The van der Waals surface area contributed by atoms with Crippen molar-refractivity contribution in [1.29, 1.82) is 0 Å². The number of ether oxygens (including phenoxy) is 3. The standard InChI is InChI=1S/C34H50FN5O5S/c1-23-21-40(22-43-17-18-46(6,7)8)31-30(23)29(11-14-36-31)44-28-10-9-24(19-26(28)35)20-27(38-33(42)45-34(2,3)4)32(41)37-25-12-15-39(5)16-13-25/h9-11,14,19,21,25,27H,12-13,15-18,20,22H2,1-8H3,(H,37,41)(H,38,42)/t27-/m0/s1. The molecule has 1 aliphatic heterocycles. The lowest BCUT2D eigenvalue weighted by Crippen LogP contribution is -2.53. The van der Waals surface area contributed by atoms with Crippen LogP contribution in [0.2, 0.25) is 0 Å². The number of likely N-dealkylation sites (tertiary alicyclic amines) is 1. The van der Waals surface area contributed by atoms with Crippen molar-refractivity contribution in [3.8, 4) is 11.5 Å². The van der Waals surface area contributed by atoms with E-state index in [2.05, 4.69) is 39.3 Å². The number of rotatable bonds is 12. The molecule has 254 valence electrons. The van der Waals surface area contributed by atoms with Gasteiger partial charge in [0.15, 0.2) is 11.6 Å². The van der Waals surface area contributed by atoms with Crippen LogP contribution in [-0.4, -0.2) is 95.4 Å². The summed E-state index contributed by atoms with van der Waals surface area (Å²) in [6.07, 6.45) is 11.4. The van der Waals surface area contributed by atoms with Crippen LogP contribution in [0.5, 0.6) is 11.5 Å². The largest absolute Gasteiger partial charge is 0.453 e. The minimum Gasteiger partial charge on any atom is -0.453 e. The summed E-state index contributed by atoms with van der Waals surface area (Å²) >= 11 is 0. The van der Waals surface area contributed by atoms with Crippen LogP contribution in [0.3, 0.4) is 0 Å². The number of piperidine rings is 1. The molecule has 0 radical (unpaired) electrons. The molecule has 2 N–H and O–H groups in total. The molecule has 0 spiro atoms. The average molecular weight is 660 g/mol. The monoisotopic (exact) mass is 659 g/mol. The highest BCUT2D eigenvalue weighted by molar-refractivity contribution is 8.32. The summed E-state index contributed by atoms with van der Waals surface area (Å²) in [6, 6.07) is 5.35. The Bertz CT molecular complexity index is 1510. The summed E-state index contributed by atoms with van der Waals surface area (Å²) in [7, 11) is 1.40. The molecule has 3 aromatic rings. The van der Waals surface area contributed by atoms with E-state index >= 15 is 4.39 Å². The zero-order valence-corrected chi connectivity index (χ0v) is 29.3. The number of halogens is 1. The first-order valence-electron chi connectivity index (χ1n) is 15.7. The van der Waals surface area contributed by atoms with Gasteiger partial charge in [-0.05, 0) is 109 Å². The molecule has 46 heavy (non-hydrogen) atoms. The minimum absolute atomic E-state index is 0.00529. The van der Waals surface area contributed by atoms with E-state index in [-0.39, 0.29) is 24.1 Å². The molecule has 1 atom stereocenters. The first-order valence-corrected chi connectivity index (χ1v) is 18.7. The van der Waals surface area contributed by atoms with Gasteiger partial charge in [0.05, 0.1) is 12.0 Å². The van der Waals surface area contributed by atoms with Crippen LogP contribution < -0.4 is 15.4 Å². The van der Waals surface area contributed by atoms with E-state index in [0.29, 0.717) is 30.3 Å². The topological polar surface area (TPSA) is 107 Å². The molecule has 0 bridgehead atoms. The van der Waals surface area contributed by atoms with E-state index in [9.17, 15) is 9.59 Å². The van der Waals surface area contributed by atoms with Gasteiger partial charge in [-0.25, -0.2) is 24.2 Å². The van der Waals surface area contributed by atoms with Crippen molar-refractivity contribution < 1.29 is 28.2 Å². The Labute approximate surface area is 273 Å². The number of hydrogen-bond donors (Lipinski definition) is 2. The smallest absolute Gasteiger partial charge is 0.408 e. The summed E-state index contributed by atoms with van der Waals surface area (Å²) in [5, 5.41) is 6.54. The molecule has 2 aromatic heterocycles. The van der Waals surface area contributed by atoms with Gasteiger partial charge in [0.1, 0.15) is 29.8 Å². The van der Waals surface area contributed by atoms with Crippen molar-refractivity contribution in [1.82, 2.24) is 25.1 Å². The van der Waals surface area contributed by atoms with Crippen LogP contribution in [0.25, 0.3) is 11.0 Å². The molecule has 1 aliphatic rings. The molecule has 0 aliphatic carbocycles. The summed E-state index contributed by atoms with van der Waals surface area (Å²) in [4.78, 5) is 32.7. The molecule has 4 rings (SSSR count). The van der Waals surface area contributed by atoms with Gasteiger partial charge in [-0.15, -0.1) is 0 Å². The molecule has 1 saturated heterocycles. The highest BCUT2D eigenvalue weighted by Crippen LogP contribution is 2.35. The number of nitrogens with zero attached hydrogens (tertiary/aromatic N) is 3. The summed E-state index contributed by atoms with van der Waals surface area (Å²) in [6.45, 7) is 10.0. The minimum atomic E-state index is -0.949. The second kappa shape index (κ2) is 15.0. The zero-order valence-electron chi connectivity index (χ0n) is 28.4. The highest BCUT2D eigenvalue weighted by atomic mass is 32.3. The molecule has 1 fully saturated rings. The lowest BCUT2D eigenvalue weighted by atomic mass is 10.0. The number of benzene rings is 1. The van der Waals surface area contributed by atoms with Crippen LogP contribution >= 0.6 is 10.0 Å². The molecular weight excluding hydrogens is 609 g/mol. The van der Waals surface area contributed by atoms with Crippen LogP contribution in [0.15, 0.2) is 36.7 Å². The predicted molar refractivity (Wildman–Crippen MR) is 183 cm³/mol. The van der Waals surface area contributed by atoms with E-state index in [1.807, 2.05) is 24.7 Å². The number of aromatic nitrogens is 2. The van der Waals surface area contributed by atoms with Gasteiger partial charge in [-0.3, -0.25) is 4.79 Å². The maximum atomic E-state index is 15.5. The van der Waals surface area contributed by atoms with Gasteiger partial charge in [0.25, 0.3) is 0 Å². The zero-order chi connectivity index (χ0) is 33.6. The summed E-state index contributed by atoms with van der Waals surface area (Å²) in [5.74, 6) is 0.626. The van der Waals surface area contributed by atoms with Gasteiger partial charge >= 0.3 is 6.09 Å². The summed E-state index contributed by atoms with van der Waals surface area (Å²) in [5.41, 5.74) is 1.43. The van der Waals surface area contributed by atoms with E-state index in [1.54, 1.807) is 45.2 Å². The lowest BCUT2D eigenvalue weighted by Gasteiger charge is -2.31. The number of hydrogen-bond acceptors (Lipinski definition) is 7. The van der Waals surface area contributed by atoms with Crippen LogP contribution in [-0.2, 0) is 27.4 Å². The van der Waals surface area contributed by atoms with Gasteiger partial charge < -0.3 is 34.3 Å². The van der Waals surface area contributed by atoms with Gasteiger partial charge in [0, 0.05) is 30.6 Å². The van der Waals surface area contributed by atoms with Gasteiger partial charge in [-0.2, -0.15) is 0 Å². The van der Waals surface area contributed by atoms with E-state index in [4.69, 9.17) is 14.2 Å². The Morgan fingerprint density at radius 2 is 1.85 bits per heavy atom. The maximum Gasteiger partial charge on any atom is 0.408 e. The van der Waals surface area contributed by atoms with Crippen molar-refractivity contribution in [3.05, 3.63) is 53.6 Å². The number of carbonyl (C=O) groups is 2. The molecule has 10 nitrogen and oxygen atoms in total. The van der Waals surface area contributed by atoms with E-state index < -0.39 is 33.6 Å². The fourth-order valence-corrected chi connectivity index (χ4v) is 5.88. The van der Waals surface area contributed by atoms with Crippen molar-refractivity contribution in [2.75, 3.05) is 51.3 Å². The Morgan fingerprint density at radius 3 is 2.50 bits per heavy atom. The lowest BCUT2D eigenvalue weighted by molar-refractivity contribution is -0.124. The molecule has 3 heterocycles. The number of carbonyl (C=O) groups excluding carboxylic acids is 2. The van der Waals surface area contributed by atoms with Crippen molar-refractivity contribution in [3.63, 3.8) is 0 Å². The number of fused-ring (bicyclic) bond motifs is 1. The van der Waals surface area contributed by atoms with Crippen LogP contribution in [0.4, 0.5) is 9.18 Å². The third kappa shape index (κ3) is 10.3. The third-order valence-electron chi connectivity index (χ3n) is 7.71. The number of amides is 2. The Kier molecular flexibility index (Phi) is 11.6. The van der Waals surface area contributed by atoms with Crippen LogP contribution in [0.1, 0.15) is 44.7 Å². The molecule has 0 saturated carbocycles. The Morgan fingerprint density at radius 1 is 1.13 bits per heavy atom. The number of nitrogens with one attached hydrogen (secondary N) is 2. The van der Waals surface area contributed by atoms with Crippen LogP contribution in [0, 0.1) is 12.7 Å². The second-order valence-electron chi connectivity index (χ2n) is 14.0. The Balaban J connectivity index is 1.48. The fourth-order valence-electron chi connectivity index (χ4n) is 5.26. The SMILES string of the molecule is Cc1cn(COCCS(C)(C)C)c2nccc(Oc3ccc(C[C@H](NC(=O)OC(C)(C)C)C(=O)NC4CCN(C)CC4)cc3F)c12. The first-order chi connectivity index (χ1) is 21.6. The Hall–Kier alpha value is -3.35. The van der Waals surface area contributed by atoms with Gasteiger partial charge in [-0.1, -0.05) is 6.07 Å². The molecular formula is C34H50FN5O5S. The second-order valence-corrected chi connectivity index (χ2v) is 18.6. The van der Waals surface area contributed by atoms with Crippen molar-refractivity contribution in [2.24, 2.45) is 0 Å². The fraction of sp³-hybridized carbons (Fsp3) is 0.559. The first kappa shape index (κ1) is 35.5. The quantitative estimate of drug-likeness (QED) is 0.244. The molecule has 0 unspecified atom stereocenters. The van der Waals surface area contributed by atoms with Crippen molar-refractivity contribution in [2.45, 2.75) is 71.4 Å². The molecule has 2 amide bonds. The number of pyridine rings is 1. The molecule has 1 aromatic carbocycles. The molecule has 12 heteroatoms. The van der Waals surface area contributed by atoms with E-state index in [0.717, 1.165) is 42.6 Å². The summed E-state index contributed by atoms with van der Waals surface area (Å²) < 4.78 is 34.9. The predicted octanol–water partition coefficient (Wildman–Crippen LogP) is 5.59. The third-order valence-corrected chi connectivity index (χ3v) is 9.10. The average Bonchev–Trinajstić information content (AvgIpc) is 3.28. The normalized spacial score (nSPS) is 15.8.